The number of hydrogen-bond acceptors (Lipinski definition) is 7. The van der Waals surface area contributed by atoms with E-state index in [0.717, 1.165) is 56.0 Å². The van der Waals surface area contributed by atoms with Crippen molar-refractivity contribution in [2.24, 2.45) is 0 Å². The molecule has 1 aromatic heterocycles. The highest BCUT2D eigenvalue weighted by molar-refractivity contribution is 6.32. The number of nitriles is 1. The highest BCUT2D eigenvalue weighted by atomic mass is 35.5. The first kappa shape index (κ1) is 29.8. The number of amides is 1. The quantitative estimate of drug-likeness (QED) is 0.374. The molecule has 0 radical (unpaired) electrons. The van der Waals surface area contributed by atoms with Crippen LogP contribution >= 0.6 is 11.6 Å². The number of hydrogen-bond donors (Lipinski definition) is 2. The SMILES string of the molecule is CN1CCN(c2ccc(-c3cccc(Oc4ccc(C(=O)NC5CC(C)(C)NC(C)(C)C5)cc4Cl)c3C#N)cn2)CC1. The minimum Gasteiger partial charge on any atom is -0.454 e. The normalized spacial score (nSPS) is 18.7. The van der Waals surface area contributed by atoms with E-state index in [-0.39, 0.29) is 23.0 Å². The van der Waals surface area contributed by atoms with E-state index >= 15 is 0 Å². The van der Waals surface area contributed by atoms with Crippen LogP contribution in [0, 0.1) is 11.3 Å². The third-order valence-electron chi connectivity index (χ3n) is 7.96. The maximum atomic E-state index is 13.1. The number of pyridine rings is 1. The third kappa shape index (κ3) is 6.87. The van der Waals surface area contributed by atoms with Gasteiger partial charge in [0.25, 0.3) is 5.91 Å². The van der Waals surface area contributed by atoms with E-state index in [1.807, 2.05) is 24.3 Å². The van der Waals surface area contributed by atoms with Gasteiger partial charge in [-0.05, 0) is 84.0 Å². The van der Waals surface area contributed by atoms with Crippen molar-refractivity contribution in [2.45, 2.75) is 57.7 Å². The Labute approximate surface area is 253 Å². The highest BCUT2D eigenvalue weighted by Gasteiger charge is 2.38. The summed E-state index contributed by atoms with van der Waals surface area (Å²) in [5.41, 5.74) is 2.25. The second kappa shape index (κ2) is 11.9. The summed E-state index contributed by atoms with van der Waals surface area (Å²) in [7, 11) is 2.13. The van der Waals surface area contributed by atoms with Gasteiger partial charge in [-0.2, -0.15) is 5.26 Å². The molecule has 42 heavy (non-hydrogen) atoms. The summed E-state index contributed by atoms with van der Waals surface area (Å²) >= 11 is 6.59. The number of anilines is 1. The van der Waals surface area contributed by atoms with E-state index in [1.54, 1.807) is 30.5 Å². The Kier molecular flexibility index (Phi) is 8.47. The number of carbonyl (C=O) groups is 1. The van der Waals surface area contributed by atoms with Gasteiger partial charge in [-0.25, -0.2) is 4.98 Å². The molecule has 9 heteroatoms. The van der Waals surface area contributed by atoms with Gasteiger partial charge in [0.1, 0.15) is 28.9 Å². The van der Waals surface area contributed by atoms with Gasteiger partial charge in [-0.3, -0.25) is 4.79 Å². The topological polar surface area (TPSA) is 93.5 Å². The molecule has 2 aliphatic heterocycles. The van der Waals surface area contributed by atoms with Gasteiger partial charge in [-0.15, -0.1) is 0 Å². The van der Waals surface area contributed by atoms with Crippen LogP contribution in [0.4, 0.5) is 5.82 Å². The molecular formula is C33H39ClN6O2. The van der Waals surface area contributed by atoms with Crippen molar-refractivity contribution in [3.8, 4) is 28.7 Å². The fourth-order valence-corrected chi connectivity index (χ4v) is 6.50. The predicted octanol–water partition coefficient (Wildman–Crippen LogP) is 5.86. The summed E-state index contributed by atoms with van der Waals surface area (Å²) in [4.78, 5) is 22.4. The molecule has 2 aliphatic rings. The lowest BCUT2D eigenvalue weighted by atomic mass is 9.79. The zero-order chi connectivity index (χ0) is 30.1. The number of ether oxygens (including phenoxy) is 1. The van der Waals surface area contributed by atoms with Gasteiger partial charge < -0.3 is 25.2 Å². The maximum absolute atomic E-state index is 13.1. The molecule has 0 aliphatic carbocycles. The second-order valence-corrected chi connectivity index (χ2v) is 13.1. The van der Waals surface area contributed by atoms with Crippen molar-refractivity contribution >= 4 is 23.3 Å². The van der Waals surface area contributed by atoms with Crippen LogP contribution in [0.25, 0.3) is 11.1 Å². The van der Waals surface area contributed by atoms with Gasteiger partial charge >= 0.3 is 0 Å². The molecule has 0 unspecified atom stereocenters. The largest absolute Gasteiger partial charge is 0.454 e. The standard InChI is InChI=1S/C33H39ClN6O2/c1-32(2)18-24(19-33(3,4)38-32)37-31(41)22-9-11-29(27(34)17-22)42-28-8-6-7-25(26(28)20-35)23-10-12-30(36-21-23)40-15-13-39(5)14-16-40/h6-12,17,21,24,38H,13-16,18-19H2,1-5H3,(H,37,41). The van der Waals surface area contributed by atoms with Crippen molar-refractivity contribution in [2.75, 3.05) is 38.1 Å². The van der Waals surface area contributed by atoms with Crippen LogP contribution in [0.1, 0.15) is 56.5 Å². The van der Waals surface area contributed by atoms with E-state index in [2.05, 4.69) is 66.2 Å². The van der Waals surface area contributed by atoms with Crippen LogP contribution in [0.3, 0.4) is 0 Å². The molecule has 3 heterocycles. The fraction of sp³-hybridized carbons (Fsp3) is 0.424. The summed E-state index contributed by atoms with van der Waals surface area (Å²) in [5, 5.41) is 17.2. The Morgan fingerprint density at radius 3 is 2.38 bits per heavy atom. The molecule has 2 aromatic carbocycles. The van der Waals surface area contributed by atoms with Crippen LogP contribution in [0.5, 0.6) is 11.5 Å². The Balaban J connectivity index is 1.30. The number of rotatable bonds is 6. The van der Waals surface area contributed by atoms with Gasteiger partial charge in [0.2, 0.25) is 0 Å². The molecule has 2 N–H and O–H groups in total. The molecule has 1 amide bonds. The number of aromatic nitrogens is 1. The van der Waals surface area contributed by atoms with Crippen LogP contribution in [-0.4, -0.2) is 66.1 Å². The first-order valence-electron chi connectivity index (χ1n) is 14.4. The molecule has 0 spiro atoms. The number of likely N-dealkylation sites (N-methyl/N-ethyl adjacent to an activating group) is 1. The summed E-state index contributed by atoms with van der Waals surface area (Å²) in [6.45, 7) is 12.5. The first-order valence-corrected chi connectivity index (χ1v) is 14.8. The lowest BCUT2D eigenvalue weighted by Gasteiger charge is -2.46. The number of halogens is 1. The minimum absolute atomic E-state index is 0.0458. The van der Waals surface area contributed by atoms with E-state index in [9.17, 15) is 10.1 Å². The van der Waals surface area contributed by atoms with E-state index in [4.69, 9.17) is 16.3 Å². The van der Waals surface area contributed by atoms with Gasteiger partial charge in [0.15, 0.2) is 0 Å². The van der Waals surface area contributed by atoms with Gasteiger partial charge in [0, 0.05) is 66.2 Å². The van der Waals surface area contributed by atoms with Crippen LogP contribution in [0.15, 0.2) is 54.7 Å². The molecule has 220 valence electrons. The molecule has 0 atom stereocenters. The number of nitrogens with zero attached hydrogens (tertiary/aromatic N) is 4. The van der Waals surface area contributed by atoms with Crippen molar-refractivity contribution in [1.82, 2.24) is 20.5 Å². The lowest BCUT2D eigenvalue weighted by molar-refractivity contribution is 0.0873. The number of carbonyl (C=O) groups excluding carboxylic acids is 1. The van der Waals surface area contributed by atoms with Gasteiger partial charge in [0.05, 0.1) is 5.02 Å². The third-order valence-corrected chi connectivity index (χ3v) is 8.26. The molecule has 0 saturated carbocycles. The molecule has 0 bridgehead atoms. The molecule has 2 fully saturated rings. The Bertz CT molecular complexity index is 1470. The van der Waals surface area contributed by atoms with Crippen LogP contribution in [-0.2, 0) is 0 Å². The molecule has 5 rings (SSSR count). The van der Waals surface area contributed by atoms with Crippen molar-refractivity contribution in [3.63, 3.8) is 0 Å². The second-order valence-electron chi connectivity index (χ2n) is 12.7. The molecular weight excluding hydrogens is 548 g/mol. The number of nitrogens with one attached hydrogen (secondary N) is 2. The summed E-state index contributed by atoms with van der Waals surface area (Å²) in [5.74, 6) is 1.52. The van der Waals surface area contributed by atoms with Crippen molar-refractivity contribution < 1.29 is 9.53 Å². The lowest BCUT2D eigenvalue weighted by Crippen LogP contribution is -2.62. The summed E-state index contributed by atoms with van der Waals surface area (Å²) in [6.07, 6.45) is 3.47. The van der Waals surface area contributed by atoms with Crippen molar-refractivity contribution in [1.29, 1.82) is 5.26 Å². The molecule has 8 nitrogen and oxygen atoms in total. The number of piperazine rings is 1. The van der Waals surface area contributed by atoms with E-state index in [0.29, 0.717) is 27.6 Å². The number of piperidine rings is 1. The summed E-state index contributed by atoms with van der Waals surface area (Å²) < 4.78 is 6.13. The van der Waals surface area contributed by atoms with Gasteiger partial charge in [-0.1, -0.05) is 23.7 Å². The summed E-state index contributed by atoms with van der Waals surface area (Å²) in [6, 6.07) is 16.8. The average molecular weight is 587 g/mol. The van der Waals surface area contributed by atoms with Crippen LogP contribution < -0.4 is 20.3 Å². The Morgan fingerprint density at radius 2 is 1.76 bits per heavy atom. The first-order chi connectivity index (χ1) is 19.9. The maximum Gasteiger partial charge on any atom is 0.251 e. The average Bonchev–Trinajstić information content (AvgIpc) is 2.92. The predicted molar refractivity (Wildman–Crippen MR) is 167 cm³/mol. The minimum atomic E-state index is -0.172. The molecule has 3 aromatic rings. The fourth-order valence-electron chi connectivity index (χ4n) is 6.28. The Hall–Kier alpha value is -3.64. The zero-order valence-electron chi connectivity index (χ0n) is 25.0. The highest BCUT2D eigenvalue weighted by Crippen LogP contribution is 2.36. The zero-order valence-corrected chi connectivity index (χ0v) is 25.8. The van der Waals surface area contributed by atoms with E-state index < -0.39 is 0 Å². The smallest absolute Gasteiger partial charge is 0.251 e. The Morgan fingerprint density at radius 1 is 1.05 bits per heavy atom. The molecule has 2 saturated heterocycles. The number of benzene rings is 2. The van der Waals surface area contributed by atoms with Crippen molar-refractivity contribution in [3.05, 3.63) is 70.9 Å². The monoisotopic (exact) mass is 586 g/mol. The van der Waals surface area contributed by atoms with Crippen LogP contribution in [0.2, 0.25) is 5.02 Å². The van der Waals surface area contributed by atoms with E-state index in [1.165, 1.54) is 0 Å².